The van der Waals surface area contributed by atoms with E-state index >= 15 is 0 Å². The van der Waals surface area contributed by atoms with E-state index in [2.05, 4.69) is 21.2 Å². The van der Waals surface area contributed by atoms with E-state index in [0.717, 1.165) is 10.0 Å². The fourth-order valence-electron chi connectivity index (χ4n) is 1.89. The Kier molecular flexibility index (Phi) is 5.69. The molecule has 0 aliphatic carbocycles. The number of hydrogen-bond donors (Lipinski definition) is 1. The van der Waals surface area contributed by atoms with Gasteiger partial charge in [0.05, 0.1) is 0 Å². The van der Waals surface area contributed by atoms with Crippen LogP contribution in [-0.2, 0) is 11.3 Å². The number of benzene rings is 2. The minimum Gasteiger partial charge on any atom is -0.352 e. The highest BCUT2D eigenvalue weighted by Gasteiger charge is 2.09. The van der Waals surface area contributed by atoms with E-state index in [1.165, 1.54) is 0 Å². The van der Waals surface area contributed by atoms with Gasteiger partial charge in [0.25, 0.3) is 0 Å². The number of rotatable bonds is 6. The van der Waals surface area contributed by atoms with Gasteiger partial charge < -0.3 is 5.32 Å². The third kappa shape index (κ3) is 5.16. The summed E-state index contributed by atoms with van der Waals surface area (Å²) >= 11 is 3.32. The van der Waals surface area contributed by atoms with Crippen LogP contribution in [0.15, 0.2) is 59.1 Å². The normalized spacial score (nSPS) is 10.1. The maximum atomic E-state index is 11.9. The van der Waals surface area contributed by atoms with Gasteiger partial charge in [-0.15, -0.1) is 0 Å². The zero-order chi connectivity index (χ0) is 15.1. The van der Waals surface area contributed by atoms with Crippen molar-refractivity contribution in [2.45, 2.75) is 19.4 Å². The van der Waals surface area contributed by atoms with Gasteiger partial charge in [-0.1, -0.05) is 58.4 Å². The smallest absolute Gasteiger partial charge is 0.220 e. The summed E-state index contributed by atoms with van der Waals surface area (Å²) in [6.45, 7) is 0.492. The second kappa shape index (κ2) is 7.74. The molecule has 21 heavy (non-hydrogen) atoms. The highest BCUT2D eigenvalue weighted by Crippen LogP contribution is 2.12. The minimum absolute atomic E-state index is 0.0163. The average Bonchev–Trinajstić information content (AvgIpc) is 2.52. The number of Topliss-reactive ketones (excluding diaryl/α,β-unsaturated/α-hetero) is 1. The number of nitrogens with one attached hydrogen (secondary N) is 1. The summed E-state index contributed by atoms with van der Waals surface area (Å²) in [6, 6.07) is 16.9. The largest absolute Gasteiger partial charge is 0.352 e. The first-order valence-corrected chi connectivity index (χ1v) is 7.54. The molecule has 0 spiro atoms. The van der Waals surface area contributed by atoms with Crippen molar-refractivity contribution in [1.29, 1.82) is 0 Å². The molecule has 2 aromatic carbocycles. The van der Waals surface area contributed by atoms with Crippen molar-refractivity contribution >= 4 is 27.6 Å². The minimum atomic E-state index is -0.107. The quantitative estimate of drug-likeness (QED) is 0.810. The van der Waals surface area contributed by atoms with E-state index in [4.69, 9.17) is 0 Å². The first-order chi connectivity index (χ1) is 10.1. The molecule has 0 aromatic heterocycles. The molecule has 0 atom stereocenters. The summed E-state index contributed by atoms with van der Waals surface area (Å²) in [7, 11) is 0. The molecule has 0 saturated carbocycles. The number of halogens is 1. The predicted octanol–water partition coefficient (Wildman–Crippen LogP) is 3.73. The maximum absolute atomic E-state index is 11.9. The molecular formula is C17H16BrNO2. The Hall–Kier alpha value is -1.94. The Balaban J connectivity index is 1.76. The monoisotopic (exact) mass is 345 g/mol. The number of hydrogen-bond acceptors (Lipinski definition) is 2. The molecule has 0 radical (unpaired) electrons. The fraction of sp³-hybridized carbons (Fsp3) is 0.176. The highest BCUT2D eigenvalue weighted by molar-refractivity contribution is 9.10. The third-order valence-electron chi connectivity index (χ3n) is 3.08. The lowest BCUT2D eigenvalue weighted by Gasteiger charge is -2.05. The maximum Gasteiger partial charge on any atom is 0.220 e. The second-order valence-electron chi connectivity index (χ2n) is 4.69. The second-order valence-corrected chi connectivity index (χ2v) is 5.61. The van der Waals surface area contributed by atoms with Crippen LogP contribution in [0.2, 0.25) is 0 Å². The summed E-state index contributed by atoms with van der Waals surface area (Å²) in [5.41, 5.74) is 1.68. The zero-order valence-corrected chi connectivity index (χ0v) is 13.1. The van der Waals surface area contributed by atoms with Crippen LogP contribution in [0, 0.1) is 0 Å². The van der Waals surface area contributed by atoms with Crippen LogP contribution in [0.4, 0.5) is 0 Å². The molecule has 0 aliphatic rings. The lowest BCUT2D eigenvalue weighted by atomic mass is 10.1. The number of carbonyl (C=O) groups excluding carboxylic acids is 2. The van der Waals surface area contributed by atoms with Crippen LogP contribution in [0.5, 0.6) is 0 Å². The molecule has 1 N–H and O–H groups in total. The van der Waals surface area contributed by atoms with Crippen LogP contribution in [-0.4, -0.2) is 11.7 Å². The van der Waals surface area contributed by atoms with Crippen LogP contribution in [0.1, 0.15) is 28.8 Å². The Morgan fingerprint density at radius 3 is 2.24 bits per heavy atom. The number of carbonyl (C=O) groups is 2. The van der Waals surface area contributed by atoms with Crippen molar-refractivity contribution in [2.24, 2.45) is 0 Å². The first kappa shape index (κ1) is 15.4. The molecule has 0 heterocycles. The van der Waals surface area contributed by atoms with Gasteiger partial charge in [-0.05, 0) is 17.7 Å². The Labute approximate surface area is 132 Å². The van der Waals surface area contributed by atoms with Crippen molar-refractivity contribution in [1.82, 2.24) is 5.32 Å². The van der Waals surface area contributed by atoms with E-state index in [9.17, 15) is 9.59 Å². The van der Waals surface area contributed by atoms with Gasteiger partial charge in [0, 0.05) is 29.4 Å². The van der Waals surface area contributed by atoms with Crippen LogP contribution < -0.4 is 5.32 Å². The lowest BCUT2D eigenvalue weighted by molar-refractivity contribution is -0.121. The van der Waals surface area contributed by atoms with Crippen LogP contribution in [0.25, 0.3) is 0 Å². The molecule has 4 heteroatoms. The van der Waals surface area contributed by atoms with Gasteiger partial charge in [0.15, 0.2) is 5.78 Å². The molecule has 3 nitrogen and oxygen atoms in total. The number of amides is 1. The van der Waals surface area contributed by atoms with Crippen molar-refractivity contribution in [2.75, 3.05) is 0 Å². The van der Waals surface area contributed by atoms with Gasteiger partial charge >= 0.3 is 0 Å². The predicted molar refractivity (Wildman–Crippen MR) is 86.0 cm³/mol. The van der Waals surface area contributed by atoms with Crippen LogP contribution >= 0.6 is 15.9 Å². The third-order valence-corrected chi connectivity index (χ3v) is 3.61. The summed E-state index contributed by atoms with van der Waals surface area (Å²) in [5, 5.41) is 2.82. The van der Waals surface area contributed by atoms with Crippen molar-refractivity contribution in [3.63, 3.8) is 0 Å². The standard InChI is InChI=1S/C17H16BrNO2/c18-15-8-6-14(7-9-15)16(20)10-11-17(21)19-12-13-4-2-1-3-5-13/h1-9H,10-12H2,(H,19,21). The van der Waals surface area contributed by atoms with Gasteiger partial charge in [0.1, 0.15) is 0 Å². The Morgan fingerprint density at radius 1 is 0.905 bits per heavy atom. The van der Waals surface area contributed by atoms with Gasteiger partial charge in [-0.3, -0.25) is 9.59 Å². The zero-order valence-electron chi connectivity index (χ0n) is 11.5. The molecular weight excluding hydrogens is 330 g/mol. The van der Waals surface area contributed by atoms with E-state index < -0.39 is 0 Å². The number of ketones is 1. The molecule has 2 aromatic rings. The van der Waals surface area contributed by atoms with E-state index in [0.29, 0.717) is 12.1 Å². The highest BCUT2D eigenvalue weighted by atomic mass is 79.9. The van der Waals surface area contributed by atoms with Crippen molar-refractivity contribution < 1.29 is 9.59 Å². The van der Waals surface area contributed by atoms with Gasteiger partial charge in [-0.25, -0.2) is 0 Å². The molecule has 108 valence electrons. The topological polar surface area (TPSA) is 46.2 Å². The Morgan fingerprint density at radius 2 is 1.57 bits per heavy atom. The fourth-order valence-corrected chi connectivity index (χ4v) is 2.16. The molecule has 0 bridgehead atoms. The van der Waals surface area contributed by atoms with E-state index in [-0.39, 0.29) is 24.5 Å². The summed E-state index contributed by atoms with van der Waals surface area (Å²) in [4.78, 5) is 23.7. The van der Waals surface area contributed by atoms with E-state index in [1.54, 1.807) is 12.1 Å². The van der Waals surface area contributed by atoms with Gasteiger partial charge in [0.2, 0.25) is 5.91 Å². The average molecular weight is 346 g/mol. The molecule has 0 aliphatic heterocycles. The summed E-state index contributed by atoms with van der Waals surface area (Å²) in [6.07, 6.45) is 0.435. The molecule has 0 saturated heterocycles. The Bertz CT molecular complexity index is 608. The molecule has 0 fully saturated rings. The van der Waals surface area contributed by atoms with E-state index in [1.807, 2.05) is 42.5 Å². The van der Waals surface area contributed by atoms with Gasteiger partial charge in [-0.2, -0.15) is 0 Å². The molecule has 1 amide bonds. The first-order valence-electron chi connectivity index (χ1n) is 6.74. The SMILES string of the molecule is O=C(CCC(=O)c1ccc(Br)cc1)NCc1ccccc1. The molecule has 0 unspecified atom stereocenters. The molecule has 2 rings (SSSR count). The van der Waals surface area contributed by atoms with Crippen molar-refractivity contribution in [3.05, 3.63) is 70.2 Å². The van der Waals surface area contributed by atoms with Crippen molar-refractivity contribution in [3.8, 4) is 0 Å². The summed E-state index contributed by atoms with van der Waals surface area (Å²) < 4.78 is 0.930. The lowest BCUT2D eigenvalue weighted by Crippen LogP contribution is -2.23. The summed E-state index contributed by atoms with van der Waals surface area (Å²) in [5.74, 6) is -0.123. The van der Waals surface area contributed by atoms with Crippen LogP contribution in [0.3, 0.4) is 0 Å².